The number of benzene rings is 2. The summed E-state index contributed by atoms with van der Waals surface area (Å²) in [6.07, 6.45) is 0. The van der Waals surface area contributed by atoms with Crippen LogP contribution in [0.4, 0.5) is 5.69 Å². The molecular weight excluding hydrogens is 218 g/mol. The van der Waals surface area contributed by atoms with Gasteiger partial charge < -0.3 is 5.32 Å². The predicted octanol–water partition coefficient (Wildman–Crippen LogP) is 3.50. The summed E-state index contributed by atoms with van der Waals surface area (Å²) in [5.74, 6) is -0.113. The highest BCUT2D eigenvalue weighted by Crippen LogP contribution is 2.13. The van der Waals surface area contributed by atoms with Crippen LogP contribution in [0.5, 0.6) is 0 Å². The molecule has 0 atom stereocenters. The van der Waals surface area contributed by atoms with Gasteiger partial charge in [-0.3, -0.25) is 4.79 Å². The van der Waals surface area contributed by atoms with Gasteiger partial charge in [0.05, 0.1) is 0 Å². The zero-order valence-electron chi connectivity index (χ0n) is 8.51. The molecule has 2 nitrogen and oxygen atoms in total. The fourth-order valence-electron chi connectivity index (χ4n) is 1.33. The summed E-state index contributed by atoms with van der Waals surface area (Å²) in [5.41, 5.74) is 1.40. The third-order valence-electron chi connectivity index (χ3n) is 2.15. The van der Waals surface area contributed by atoms with Crippen molar-refractivity contribution in [2.45, 2.75) is 4.90 Å². The molecule has 2 aromatic carbocycles. The van der Waals surface area contributed by atoms with E-state index >= 15 is 0 Å². The van der Waals surface area contributed by atoms with E-state index in [1.807, 2.05) is 18.2 Å². The molecule has 2 aromatic rings. The van der Waals surface area contributed by atoms with Crippen molar-refractivity contribution in [3.8, 4) is 0 Å². The minimum absolute atomic E-state index is 0.113. The van der Waals surface area contributed by atoms with Crippen molar-refractivity contribution in [1.82, 2.24) is 0 Å². The van der Waals surface area contributed by atoms with E-state index in [9.17, 15) is 4.79 Å². The third kappa shape index (κ3) is 2.58. The summed E-state index contributed by atoms with van der Waals surface area (Å²) in [6, 6.07) is 16.3. The van der Waals surface area contributed by atoms with Gasteiger partial charge in [0.15, 0.2) is 0 Å². The fraction of sp³-hybridized carbons (Fsp3) is 0. The van der Waals surface area contributed by atoms with Gasteiger partial charge in [-0.1, -0.05) is 30.8 Å². The zero-order chi connectivity index (χ0) is 11.4. The second-order valence-electron chi connectivity index (χ2n) is 3.34. The van der Waals surface area contributed by atoms with E-state index in [1.165, 1.54) is 0 Å². The SMILES string of the molecule is O=C(Nc1ccc([S])cc1)c1ccccc1. The summed E-state index contributed by atoms with van der Waals surface area (Å²) in [7, 11) is 0. The molecule has 0 saturated heterocycles. The van der Waals surface area contributed by atoms with E-state index in [-0.39, 0.29) is 5.91 Å². The number of hydrogen-bond acceptors (Lipinski definition) is 1. The van der Waals surface area contributed by atoms with Crippen LogP contribution in [0.2, 0.25) is 0 Å². The maximum atomic E-state index is 11.8. The molecule has 79 valence electrons. The van der Waals surface area contributed by atoms with Crippen molar-refractivity contribution in [3.63, 3.8) is 0 Å². The Morgan fingerprint density at radius 2 is 1.56 bits per heavy atom. The van der Waals surface area contributed by atoms with Crippen LogP contribution >= 0.6 is 12.6 Å². The highest BCUT2D eigenvalue weighted by molar-refractivity contribution is 7.80. The molecule has 0 aliphatic carbocycles. The van der Waals surface area contributed by atoms with Crippen molar-refractivity contribution < 1.29 is 4.79 Å². The predicted molar refractivity (Wildman–Crippen MR) is 66.7 cm³/mol. The zero-order valence-corrected chi connectivity index (χ0v) is 9.33. The number of carbonyl (C=O) groups is 1. The topological polar surface area (TPSA) is 29.1 Å². The molecule has 16 heavy (non-hydrogen) atoms. The second-order valence-corrected chi connectivity index (χ2v) is 3.82. The first kappa shape index (κ1) is 10.6. The van der Waals surface area contributed by atoms with Crippen LogP contribution in [0.25, 0.3) is 0 Å². The lowest BCUT2D eigenvalue weighted by Crippen LogP contribution is -2.11. The second kappa shape index (κ2) is 4.77. The first-order valence-electron chi connectivity index (χ1n) is 4.89. The average molecular weight is 228 g/mol. The van der Waals surface area contributed by atoms with Gasteiger partial charge in [0.25, 0.3) is 5.91 Å². The monoisotopic (exact) mass is 228 g/mol. The highest BCUT2D eigenvalue weighted by atomic mass is 32.1. The van der Waals surface area contributed by atoms with Gasteiger partial charge in [0, 0.05) is 16.1 Å². The van der Waals surface area contributed by atoms with Crippen molar-refractivity contribution in [2.24, 2.45) is 0 Å². The van der Waals surface area contributed by atoms with Crippen LogP contribution in [0, 0.1) is 0 Å². The van der Waals surface area contributed by atoms with E-state index in [1.54, 1.807) is 36.4 Å². The van der Waals surface area contributed by atoms with Crippen molar-refractivity contribution in [2.75, 3.05) is 5.32 Å². The maximum Gasteiger partial charge on any atom is 0.255 e. The molecule has 0 spiro atoms. The van der Waals surface area contributed by atoms with Crippen molar-refractivity contribution >= 4 is 24.2 Å². The van der Waals surface area contributed by atoms with E-state index in [0.29, 0.717) is 5.56 Å². The number of hydrogen-bond donors (Lipinski definition) is 1. The Balaban J connectivity index is 2.11. The molecule has 0 fully saturated rings. The molecule has 1 radical (unpaired) electrons. The lowest BCUT2D eigenvalue weighted by atomic mass is 10.2. The summed E-state index contributed by atoms with van der Waals surface area (Å²) < 4.78 is 0. The fourth-order valence-corrected chi connectivity index (χ4v) is 1.47. The van der Waals surface area contributed by atoms with Crippen LogP contribution in [0.1, 0.15) is 10.4 Å². The molecule has 0 saturated carbocycles. The minimum atomic E-state index is -0.113. The Labute approximate surface area is 99.7 Å². The van der Waals surface area contributed by atoms with Crippen LogP contribution in [0.3, 0.4) is 0 Å². The maximum absolute atomic E-state index is 11.8. The average Bonchev–Trinajstić information content (AvgIpc) is 2.33. The van der Waals surface area contributed by atoms with Gasteiger partial charge in [-0.2, -0.15) is 0 Å². The van der Waals surface area contributed by atoms with Crippen molar-refractivity contribution in [3.05, 3.63) is 60.2 Å². The van der Waals surface area contributed by atoms with Gasteiger partial charge >= 0.3 is 0 Å². The first-order valence-corrected chi connectivity index (χ1v) is 5.30. The lowest BCUT2D eigenvalue weighted by Gasteiger charge is -2.04. The molecule has 0 unspecified atom stereocenters. The van der Waals surface area contributed by atoms with Crippen LogP contribution < -0.4 is 5.32 Å². The molecule has 1 N–H and O–H groups in total. The van der Waals surface area contributed by atoms with Crippen LogP contribution in [-0.2, 0) is 0 Å². The lowest BCUT2D eigenvalue weighted by molar-refractivity contribution is 0.102. The summed E-state index contributed by atoms with van der Waals surface area (Å²) in [5, 5.41) is 2.80. The van der Waals surface area contributed by atoms with E-state index in [4.69, 9.17) is 12.6 Å². The Morgan fingerprint density at radius 1 is 0.938 bits per heavy atom. The van der Waals surface area contributed by atoms with E-state index in [0.717, 1.165) is 10.6 Å². The van der Waals surface area contributed by atoms with Crippen LogP contribution in [-0.4, -0.2) is 5.91 Å². The largest absolute Gasteiger partial charge is 0.322 e. The quantitative estimate of drug-likeness (QED) is 0.837. The minimum Gasteiger partial charge on any atom is -0.322 e. The van der Waals surface area contributed by atoms with Gasteiger partial charge in [-0.25, -0.2) is 0 Å². The molecule has 2 rings (SSSR count). The summed E-state index contributed by atoms with van der Waals surface area (Å²) in [6.45, 7) is 0. The summed E-state index contributed by atoms with van der Waals surface area (Å²) in [4.78, 5) is 12.5. The van der Waals surface area contributed by atoms with Gasteiger partial charge in [-0.05, 0) is 36.4 Å². The van der Waals surface area contributed by atoms with Gasteiger partial charge in [-0.15, -0.1) is 0 Å². The standard InChI is InChI=1S/C13H10NOS/c15-13(10-4-2-1-3-5-10)14-11-6-8-12(16)9-7-11/h1-9H,(H,14,15). The number of nitrogens with one attached hydrogen (secondary N) is 1. The number of anilines is 1. The normalized spacial score (nSPS) is 9.75. The molecule has 0 bridgehead atoms. The van der Waals surface area contributed by atoms with Crippen LogP contribution in [0.15, 0.2) is 59.5 Å². The number of amides is 1. The van der Waals surface area contributed by atoms with E-state index in [2.05, 4.69) is 5.32 Å². The molecule has 0 heterocycles. The Bertz CT molecular complexity index is 479. The van der Waals surface area contributed by atoms with Gasteiger partial charge in [0.1, 0.15) is 0 Å². The smallest absolute Gasteiger partial charge is 0.255 e. The highest BCUT2D eigenvalue weighted by Gasteiger charge is 2.04. The number of carbonyl (C=O) groups excluding carboxylic acids is 1. The molecule has 0 aromatic heterocycles. The molecule has 1 amide bonds. The number of rotatable bonds is 2. The van der Waals surface area contributed by atoms with Crippen molar-refractivity contribution in [1.29, 1.82) is 0 Å². The third-order valence-corrected chi connectivity index (χ3v) is 2.42. The first-order chi connectivity index (χ1) is 7.75. The molecule has 3 heteroatoms. The summed E-state index contributed by atoms with van der Waals surface area (Å²) >= 11 is 4.97. The van der Waals surface area contributed by atoms with E-state index < -0.39 is 0 Å². The Hall–Kier alpha value is -1.87. The molecule has 0 aliphatic rings. The Kier molecular flexibility index (Phi) is 3.17. The van der Waals surface area contributed by atoms with Gasteiger partial charge in [0.2, 0.25) is 0 Å². The molecular formula is C13H10NOS. The Morgan fingerprint density at radius 3 is 2.19 bits per heavy atom. The molecule has 0 aliphatic heterocycles.